The van der Waals surface area contributed by atoms with Crippen LogP contribution in [-0.4, -0.2) is 40.4 Å². The predicted molar refractivity (Wildman–Crippen MR) is 98.1 cm³/mol. The molecule has 0 spiro atoms. The highest BCUT2D eigenvalue weighted by atomic mass is 16.5. The number of carbonyl (C=O) groups is 1. The lowest BCUT2D eigenvalue weighted by Gasteiger charge is -2.07. The first-order valence-electron chi connectivity index (χ1n) is 8.27. The number of rotatable bonds is 8. The van der Waals surface area contributed by atoms with Gasteiger partial charge in [-0.1, -0.05) is 24.3 Å². The Kier molecular flexibility index (Phi) is 10.0. The number of hydrogen-bond acceptors (Lipinski definition) is 6. The molecule has 0 heterocycles. The van der Waals surface area contributed by atoms with Crippen molar-refractivity contribution < 1.29 is 29.6 Å². The van der Waals surface area contributed by atoms with Crippen LogP contribution in [0.4, 0.5) is 0 Å². The standard InChI is InChI=1S/C10H14O3.C10H12O3/c2*1-8(12)7-13-10-4-2-9(6-11)3-5-10/h2-5,8,11-12H,6-7H2,1H3;2-5,11H,6-7H2,1H3. The van der Waals surface area contributed by atoms with Gasteiger partial charge in [-0.3, -0.25) is 4.79 Å². The third-order valence-electron chi connectivity index (χ3n) is 3.15. The van der Waals surface area contributed by atoms with Gasteiger partial charge in [0.25, 0.3) is 0 Å². The van der Waals surface area contributed by atoms with E-state index in [-0.39, 0.29) is 25.6 Å². The molecule has 2 rings (SSSR count). The highest BCUT2D eigenvalue weighted by Gasteiger charge is 1.98. The van der Waals surface area contributed by atoms with E-state index in [2.05, 4.69) is 0 Å². The monoisotopic (exact) mass is 362 g/mol. The molecule has 0 saturated heterocycles. The molecule has 26 heavy (non-hydrogen) atoms. The van der Waals surface area contributed by atoms with Gasteiger partial charge in [0.05, 0.1) is 19.3 Å². The van der Waals surface area contributed by atoms with Gasteiger partial charge < -0.3 is 24.8 Å². The normalized spacial score (nSPS) is 11.1. The number of benzene rings is 2. The first-order valence-corrected chi connectivity index (χ1v) is 8.27. The molecular weight excluding hydrogens is 336 g/mol. The average molecular weight is 362 g/mol. The van der Waals surface area contributed by atoms with E-state index in [1.165, 1.54) is 6.92 Å². The molecule has 0 aliphatic rings. The van der Waals surface area contributed by atoms with Gasteiger partial charge in [-0.05, 0) is 49.2 Å². The van der Waals surface area contributed by atoms with Crippen LogP contribution in [0.3, 0.4) is 0 Å². The highest BCUT2D eigenvalue weighted by molar-refractivity contribution is 5.77. The number of hydrogen-bond donors (Lipinski definition) is 3. The molecule has 2 aromatic carbocycles. The molecule has 6 nitrogen and oxygen atoms in total. The zero-order valence-electron chi connectivity index (χ0n) is 15.1. The van der Waals surface area contributed by atoms with Crippen molar-refractivity contribution in [2.24, 2.45) is 0 Å². The van der Waals surface area contributed by atoms with Gasteiger partial charge in [-0.2, -0.15) is 0 Å². The van der Waals surface area contributed by atoms with Gasteiger partial charge in [0.2, 0.25) is 0 Å². The summed E-state index contributed by atoms with van der Waals surface area (Å²) >= 11 is 0. The van der Waals surface area contributed by atoms with E-state index in [1.54, 1.807) is 55.5 Å². The molecule has 0 aliphatic heterocycles. The van der Waals surface area contributed by atoms with Gasteiger partial charge in [0.15, 0.2) is 5.78 Å². The minimum absolute atomic E-state index is 0.00812. The Morgan fingerprint density at radius 2 is 1.31 bits per heavy atom. The fraction of sp³-hybridized carbons (Fsp3) is 0.350. The van der Waals surface area contributed by atoms with Crippen LogP contribution in [-0.2, 0) is 18.0 Å². The largest absolute Gasteiger partial charge is 0.491 e. The topological polar surface area (TPSA) is 96.2 Å². The number of carbonyl (C=O) groups excluding carboxylic acids is 1. The molecule has 142 valence electrons. The molecule has 0 aliphatic carbocycles. The van der Waals surface area contributed by atoms with Crippen molar-refractivity contribution in [3.8, 4) is 11.5 Å². The smallest absolute Gasteiger partial charge is 0.167 e. The second-order valence-electron chi connectivity index (χ2n) is 5.75. The summed E-state index contributed by atoms with van der Waals surface area (Å²) in [6, 6.07) is 14.1. The molecular formula is C20H26O6. The molecule has 0 fully saturated rings. The molecule has 3 N–H and O–H groups in total. The average Bonchev–Trinajstić information content (AvgIpc) is 2.66. The summed E-state index contributed by atoms with van der Waals surface area (Å²) in [7, 11) is 0. The van der Waals surface area contributed by atoms with Crippen molar-refractivity contribution in [2.45, 2.75) is 33.2 Å². The predicted octanol–water partition coefficient (Wildman–Crippen LogP) is 2.09. The molecule has 0 radical (unpaired) electrons. The second-order valence-corrected chi connectivity index (χ2v) is 5.75. The van der Waals surface area contributed by atoms with Crippen LogP contribution in [0.5, 0.6) is 11.5 Å². The lowest BCUT2D eigenvalue weighted by molar-refractivity contribution is -0.118. The van der Waals surface area contributed by atoms with Crippen molar-refractivity contribution >= 4 is 5.78 Å². The van der Waals surface area contributed by atoms with Gasteiger partial charge in [-0.15, -0.1) is 0 Å². The van der Waals surface area contributed by atoms with Crippen LogP contribution in [0, 0.1) is 0 Å². The zero-order valence-corrected chi connectivity index (χ0v) is 15.1. The van der Waals surface area contributed by atoms with E-state index >= 15 is 0 Å². The minimum atomic E-state index is -0.461. The van der Waals surface area contributed by atoms with Crippen molar-refractivity contribution in [2.75, 3.05) is 13.2 Å². The zero-order chi connectivity index (χ0) is 19.4. The maximum atomic E-state index is 10.6. The molecule has 2 aromatic rings. The number of ketones is 1. The number of Topliss-reactive ketones (excluding diaryl/α,β-unsaturated/α-hetero) is 1. The van der Waals surface area contributed by atoms with Crippen LogP contribution >= 0.6 is 0 Å². The van der Waals surface area contributed by atoms with E-state index in [4.69, 9.17) is 24.8 Å². The lowest BCUT2D eigenvalue weighted by atomic mass is 10.2. The molecule has 0 saturated carbocycles. The summed E-state index contributed by atoms with van der Waals surface area (Å²) in [4.78, 5) is 10.6. The van der Waals surface area contributed by atoms with Crippen molar-refractivity contribution in [3.63, 3.8) is 0 Å². The van der Waals surface area contributed by atoms with E-state index in [9.17, 15) is 4.79 Å². The first-order chi connectivity index (χ1) is 12.4. The second kappa shape index (κ2) is 12.0. The number of aliphatic hydroxyl groups excluding tert-OH is 3. The maximum Gasteiger partial charge on any atom is 0.167 e. The fourth-order valence-corrected chi connectivity index (χ4v) is 1.78. The van der Waals surface area contributed by atoms with E-state index < -0.39 is 6.10 Å². The Morgan fingerprint density at radius 1 is 0.885 bits per heavy atom. The van der Waals surface area contributed by atoms with Crippen molar-refractivity contribution in [1.29, 1.82) is 0 Å². The summed E-state index contributed by atoms with van der Waals surface area (Å²) < 4.78 is 10.4. The van der Waals surface area contributed by atoms with Crippen molar-refractivity contribution in [1.82, 2.24) is 0 Å². The van der Waals surface area contributed by atoms with Crippen LogP contribution in [0.15, 0.2) is 48.5 Å². The highest BCUT2D eigenvalue weighted by Crippen LogP contribution is 2.12. The van der Waals surface area contributed by atoms with Crippen LogP contribution in [0.2, 0.25) is 0 Å². The fourth-order valence-electron chi connectivity index (χ4n) is 1.78. The summed E-state index contributed by atoms with van der Waals surface area (Å²) in [6.07, 6.45) is -0.461. The number of aliphatic hydroxyl groups is 3. The molecule has 6 heteroatoms. The SMILES string of the molecule is CC(=O)COc1ccc(CO)cc1.CC(O)COc1ccc(CO)cc1. The van der Waals surface area contributed by atoms with Gasteiger partial charge in [0, 0.05) is 0 Å². The van der Waals surface area contributed by atoms with Crippen LogP contribution < -0.4 is 9.47 Å². The molecule has 0 aromatic heterocycles. The Morgan fingerprint density at radius 3 is 1.65 bits per heavy atom. The molecule has 1 atom stereocenters. The van der Waals surface area contributed by atoms with Gasteiger partial charge in [-0.25, -0.2) is 0 Å². The Balaban J connectivity index is 0.000000260. The van der Waals surface area contributed by atoms with E-state index in [1.807, 2.05) is 0 Å². The van der Waals surface area contributed by atoms with Gasteiger partial charge in [0.1, 0.15) is 24.7 Å². The molecule has 0 amide bonds. The van der Waals surface area contributed by atoms with Crippen molar-refractivity contribution in [3.05, 3.63) is 59.7 Å². The lowest BCUT2D eigenvalue weighted by Crippen LogP contribution is -2.12. The third kappa shape index (κ3) is 9.17. The number of ether oxygens (including phenoxy) is 2. The summed E-state index contributed by atoms with van der Waals surface area (Å²) in [5.41, 5.74) is 1.68. The van der Waals surface area contributed by atoms with Gasteiger partial charge >= 0.3 is 0 Å². The minimum Gasteiger partial charge on any atom is -0.491 e. The van der Waals surface area contributed by atoms with Crippen LogP contribution in [0.25, 0.3) is 0 Å². The Labute approximate surface area is 153 Å². The first kappa shape index (κ1) is 21.6. The maximum absolute atomic E-state index is 10.6. The summed E-state index contributed by atoms with van der Waals surface area (Å²) in [5.74, 6) is 1.34. The molecule has 1 unspecified atom stereocenters. The Hall–Kier alpha value is -2.41. The van der Waals surface area contributed by atoms with E-state index in [0.717, 1.165) is 11.1 Å². The summed E-state index contributed by atoms with van der Waals surface area (Å²) in [5, 5.41) is 26.5. The third-order valence-corrected chi connectivity index (χ3v) is 3.15. The quantitative estimate of drug-likeness (QED) is 0.665. The van der Waals surface area contributed by atoms with E-state index in [0.29, 0.717) is 18.1 Å². The summed E-state index contributed by atoms with van der Waals surface area (Å²) in [6.45, 7) is 3.59. The Bertz CT molecular complexity index is 634. The van der Waals surface area contributed by atoms with Crippen LogP contribution in [0.1, 0.15) is 25.0 Å². The molecule has 0 bridgehead atoms.